The van der Waals surface area contributed by atoms with Crippen molar-refractivity contribution in [3.63, 3.8) is 0 Å². The van der Waals surface area contributed by atoms with E-state index in [1.54, 1.807) is 12.1 Å². The highest BCUT2D eigenvalue weighted by molar-refractivity contribution is 7.89. The molecule has 1 aliphatic carbocycles. The lowest BCUT2D eigenvalue weighted by molar-refractivity contribution is 0.572. The molecule has 1 aliphatic rings. The Labute approximate surface area is 128 Å². The van der Waals surface area contributed by atoms with Gasteiger partial charge in [0.05, 0.1) is 4.90 Å². The van der Waals surface area contributed by atoms with Gasteiger partial charge in [0.1, 0.15) is 0 Å². The second-order valence-electron chi connectivity index (χ2n) is 5.73. The molecule has 118 valence electrons. The Balaban J connectivity index is 1.80. The predicted octanol–water partition coefficient (Wildman–Crippen LogP) is 2.31. The van der Waals surface area contributed by atoms with E-state index in [2.05, 4.69) is 17.0 Å². The summed E-state index contributed by atoms with van der Waals surface area (Å²) in [6.45, 7) is 4.49. The van der Waals surface area contributed by atoms with E-state index in [0.717, 1.165) is 43.8 Å². The van der Waals surface area contributed by atoms with E-state index >= 15 is 0 Å². The summed E-state index contributed by atoms with van der Waals surface area (Å²) in [6.07, 6.45) is 5.64. The van der Waals surface area contributed by atoms with Gasteiger partial charge in [-0.3, -0.25) is 0 Å². The Hall–Kier alpha value is -0.910. The molecule has 0 aromatic heterocycles. The fourth-order valence-corrected chi connectivity index (χ4v) is 3.41. The van der Waals surface area contributed by atoms with E-state index in [9.17, 15) is 8.42 Å². The molecule has 0 bridgehead atoms. The lowest BCUT2D eigenvalue weighted by Crippen LogP contribution is -2.24. The van der Waals surface area contributed by atoms with Crippen LogP contribution in [0, 0.1) is 5.92 Å². The Bertz CT molecular complexity index is 522. The average Bonchev–Trinajstić information content (AvgIpc) is 3.29. The van der Waals surface area contributed by atoms with Gasteiger partial charge in [-0.25, -0.2) is 13.1 Å². The van der Waals surface area contributed by atoms with E-state index in [1.165, 1.54) is 12.8 Å². The first-order valence-electron chi connectivity index (χ1n) is 7.91. The molecule has 0 spiro atoms. The second kappa shape index (κ2) is 7.92. The van der Waals surface area contributed by atoms with Crippen molar-refractivity contribution in [3.8, 4) is 0 Å². The second-order valence-corrected chi connectivity index (χ2v) is 7.50. The summed E-state index contributed by atoms with van der Waals surface area (Å²) in [7, 11) is -3.35. The Morgan fingerprint density at radius 2 is 1.86 bits per heavy atom. The number of hydrogen-bond acceptors (Lipinski definition) is 3. The highest BCUT2D eigenvalue weighted by Gasteiger charge is 2.20. The Morgan fingerprint density at radius 3 is 2.48 bits per heavy atom. The van der Waals surface area contributed by atoms with Gasteiger partial charge in [0.15, 0.2) is 0 Å². The van der Waals surface area contributed by atoms with Gasteiger partial charge in [0.25, 0.3) is 0 Å². The van der Waals surface area contributed by atoms with E-state index in [-0.39, 0.29) is 0 Å². The monoisotopic (exact) mass is 310 g/mol. The summed E-state index contributed by atoms with van der Waals surface area (Å²) >= 11 is 0. The quantitative estimate of drug-likeness (QED) is 0.652. The van der Waals surface area contributed by atoms with Crippen LogP contribution in [0.4, 0.5) is 0 Å². The first-order valence-corrected chi connectivity index (χ1v) is 9.39. The van der Waals surface area contributed by atoms with Crippen molar-refractivity contribution in [1.82, 2.24) is 10.0 Å². The summed E-state index contributed by atoms with van der Waals surface area (Å²) in [5.74, 6) is 0.852. The molecule has 0 saturated heterocycles. The molecule has 21 heavy (non-hydrogen) atoms. The zero-order valence-electron chi connectivity index (χ0n) is 12.8. The van der Waals surface area contributed by atoms with Crippen molar-refractivity contribution in [2.24, 2.45) is 5.92 Å². The molecule has 4 nitrogen and oxygen atoms in total. The van der Waals surface area contributed by atoms with Crippen LogP contribution < -0.4 is 10.0 Å². The standard InChI is InChI=1S/C16H26N2O2S/c1-2-17-13-11-15-7-9-16(10-8-15)21(19,20)18-12-3-4-14-5-6-14/h7-10,14,17-18H,2-6,11-13H2,1H3. The molecule has 0 heterocycles. The molecule has 0 atom stereocenters. The minimum Gasteiger partial charge on any atom is -0.317 e. The molecular weight excluding hydrogens is 284 g/mol. The van der Waals surface area contributed by atoms with Gasteiger partial charge in [-0.05, 0) is 56.0 Å². The number of rotatable bonds is 10. The summed E-state index contributed by atoms with van der Waals surface area (Å²) in [5.41, 5.74) is 1.16. The Kier molecular flexibility index (Phi) is 6.21. The molecule has 1 aromatic carbocycles. The number of hydrogen-bond donors (Lipinski definition) is 2. The fraction of sp³-hybridized carbons (Fsp3) is 0.625. The lowest BCUT2D eigenvalue weighted by Gasteiger charge is -2.08. The van der Waals surface area contributed by atoms with Crippen molar-refractivity contribution < 1.29 is 8.42 Å². The maximum Gasteiger partial charge on any atom is 0.240 e. The van der Waals surface area contributed by atoms with Crippen LogP contribution in [-0.4, -0.2) is 28.1 Å². The molecule has 0 aliphatic heterocycles. The van der Waals surface area contributed by atoms with Gasteiger partial charge in [-0.1, -0.05) is 31.9 Å². The van der Waals surface area contributed by atoms with Gasteiger partial charge in [0, 0.05) is 6.54 Å². The molecule has 0 unspecified atom stereocenters. The summed E-state index contributed by atoms with van der Waals surface area (Å²) in [5, 5.41) is 3.26. The van der Waals surface area contributed by atoms with E-state index in [0.29, 0.717) is 11.4 Å². The van der Waals surface area contributed by atoms with Crippen molar-refractivity contribution in [2.45, 2.75) is 43.9 Å². The molecule has 5 heteroatoms. The van der Waals surface area contributed by atoms with Gasteiger partial charge in [0.2, 0.25) is 10.0 Å². The largest absolute Gasteiger partial charge is 0.317 e. The van der Waals surface area contributed by atoms with E-state index in [4.69, 9.17) is 0 Å². The average molecular weight is 310 g/mol. The summed E-state index contributed by atoms with van der Waals surface area (Å²) in [4.78, 5) is 0.362. The van der Waals surface area contributed by atoms with Crippen LogP contribution in [-0.2, 0) is 16.4 Å². The van der Waals surface area contributed by atoms with Crippen LogP contribution >= 0.6 is 0 Å². The minimum absolute atomic E-state index is 0.362. The number of sulfonamides is 1. The third-order valence-corrected chi connectivity index (χ3v) is 5.33. The van der Waals surface area contributed by atoms with E-state index < -0.39 is 10.0 Å². The fourth-order valence-electron chi connectivity index (χ4n) is 2.33. The van der Waals surface area contributed by atoms with Crippen molar-refractivity contribution >= 4 is 10.0 Å². The van der Waals surface area contributed by atoms with Crippen LogP contribution in [0.25, 0.3) is 0 Å². The third kappa shape index (κ3) is 5.77. The van der Waals surface area contributed by atoms with Crippen LogP contribution in [0.2, 0.25) is 0 Å². The first-order chi connectivity index (χ1) is 10.1. The third-order valence-electron chi connectivity index (χ3n) is 3.85. The molecule has 0 radical (unpaired) electrons. The molecule has 2 N–H and O–H groups in total. The maximum atomic E-state index is 12.1. The highest BCUT2D eigenvalue weighted by Crippen LogP contribution is 2.33. The van der Waals surface area contributed by atoms with Gasteiger partial charge < -0.3 is 5.32 Å². The predicted molar refractivity (Wildman–Crippen MR) is 85.8 cm³/mol. The van der Waals surface area contributed by atoms with Crippen LogP contribution in [0.1, 0.15) is 38.2 Å². The molecule has 2 rings (SSSR count). The molecule has 1 aromatic rings. The van der Waals surface area contributed by atoms with Crippen molar-refractivity contribution in [2.75, 3.05) is 19.6 Å². The zero-order chi connectivity index (χ0) is 15.1. The topological polar surface area (TPSA) is 58.2 Å². The van der Waals surface area contributed by atoms with E-state index in [1.807, 2.05) is 12.1 Å². The number of benzene rings is 1. The molecule has 0 amide bonds. The van der Waals surface area contributed by atoms with Gasteiger partial charge in [-0.2, -0.15) is 0 Å². The normalized spacial score (nSPS) is 15.3. The smallest absolute Gasteiger partial charge is 0.240 e. The molecule has 1 saturated carbocycles. The summed E-state index contributed by atoms with van der Waals surface area (Å²) < 4.78 is 27.0. The van der Waals surface area contributed by atoms with Gasteiger partial charge >= 0.3 is 0 Å². The van der Waals surface area contributed by atoms with Crippen molar-refractivity contribution in [3.05, 3.63) is 29.8 Å². The maximum absolute atomic E-state index is 12.1. The Morgan fingerprint density at radius 1 is 1.14 bits per heavy atom. The lowest BCUT2D eigenvalue weighted by atomic mass is 10.1. The number of likely N-dealkylation sites (N-methyl/N-ethyl adjacent to an activating group) is 1. The SMILES string of the molecule is CCNCCc1ccc(S(=O)(=O)NCCCC2CC2)cc1. The number of nitrogens with one attached hydrogen (secondary N) is 2. The zero-order valence-corrected chi connectivity index (χ0v) is 13.6. The first kappa shape index (κ1) is 16.5. The highest BCUT2D eigenvalue weighted by atomic mass is 32.2. The minimum atomic E-state index is -3.35. The van der Waals surface area contributed by atoms with Crippen molar-refractivity contribution in [1.29, 1.82) is 0 Å². The summed E-state index contributed by atoms with van der Waals surface area (Å²) in [6, 6.07) is 7.20. The van der Waals surface area contributed by atoms with Crippen LogP contribution in [0.3, 0.4) is 0 Å². The molecule has 1 fully saturated rings. The van der Waals surface area contributed by atoms with Gasteiger partial charge in [-0.15, -0.1) is 0 Å². The van der Waals surface area contributed by atoms with Crippen LogP contribution in [0.5, 0.6) is 0 Å². The van der Waals surface area contributed by atoms with Crippen LogP contribution in [0.15, 0.2) is 29.2 Å². The molecular formula is C16H26N2O2S.